The molecule has 2 rings (SSSR count). The summed E-state index contributed by atoms with van der Waals surface area (Å²) in [4.78, 5) is 23.6. The van der Waals surface area contributed by atoms with Crippen molar-refractivity contribution >= 4 is 23.3 Å². The van der Waals surface area contributed by atoms with Crippen LogP contribution in [0.25, 0.3) is 0 Å². The SMILES string of the molecule is COc1ccc(C(C)=O)cc1CC(=O)NCc1cccc(Cl)c1. The van der Waals surface area contributed by atoms with Crippen LogP contribution in [0.1, 0.15) is 28.4 Å². The van der Waals surface area contributed by atoms with Crippen LogP contribution in [0.3, 0.4) is 0 Å². The first-order chi connectivity index (χ1) is 11.0. The largest absolute Gasteiger partial charge is 0.496 e. The molecule has 2 aromatic rings. The number of ketones is 1. The van der Waals surface area contributed by atoms with Crippen LogP contribution in [0.5, 0.6) is 5.75 Å². The van der Waals surface area contributed by atoms with Crippen LogP contribution in [0.2, 0.25) is 5.02 Å². The lowest BCUT2D eigenvalue weighted by molar-refractivity contribution is -0.120. The van der Waals surface area contributed by atoms with Gasteiger partial charge in [-0.15, -0.1) is 0 Å². The van der Waals surface area contributed by atoms with E-state index in [9.17, 15) is 9.59 Å². The number of Topliss-reactive ketones (excluding diaryl/α,β-unsaturated/α-hetero) is 1. The second-order valence-corrected chi connectivity index (χ2v) is 5.60. The fourth-order valence-electron chi connectivity index (χ4n) is 2.22. The van der Waals surface area contributed by atoms with E-state index in [-0.39, 0.29) is 18.1 Å². The number of hydrogen-bond donors (Lipinski definition) is 1. The van der Waals surface area contributed by atoms with Crippen LogP contribution >= 0.6 is 11.6 Å². The maximum absolute atomic E-state index is 12.1. The number of amides is 1. The summed E-state index contributed by atoms with van der Waals surface area (Å²) >= 11 is 5.92. The average molecular weight is 332 g/mol. The van der Waals surface area contributed by atoms with Crippen LogP contribution in [0.15, 0.2) is 42.5 Å². The summed E-state index contributed by atoms with van der Waals surface area (Å²) < 4.78 is 5.25. The molecule has 0 saturated heterocycles. The van der Waals surface area contributed by atoms with E-state index >= 15 is 0 Å². The van der Waals surface area contributed by atoms with Crippen LogP contribution in [0.4, 0.5) is 0 Å². The molecule has 1 N–H and O–H groups in total. The van der Waals surface area contributed by atoms with Gasteiger partial charge < -0.3 is 10.1 Å². The van der Waals surface area contributed by atoms with Gasteiger partial charge in [-0.25, -0.2) is 0 Å². The molecule has 0 aliphatic carbocycles. The quantitative estimate of drug-likeness (QED) is 0.825. The molecule has 0 saturated carbocycles. The van der Waals surface area contributed by atoms with Crippen LogP contribution in [-0.2, 0) is 17.8 Å². The minimum atomic E-state index is -0.149. The lowest BCUT2D eigenvalue weighted by Crippen LogP contribution is -2.24. The Hall–Kier alpha value is -2.33. The Labute approximate surface area is 140 Å². The maximum Gasteiger partial charge on any atom is 0.224 e. The van der Waals surface area contributed by atoms with Crippen molar-refractivity contribution in [3.8, 4) is 5.75 Å². The highest BCUT2D eigenvalue weighted by Gasteiger charge is 2.11. The highest BCUT2D eigenvalue weighted by molar-refractivity contribution is 6.30. The molecule has 0 aromatic heterocycles. The molecular formula is C18H18ClNO3. The third-order valence-electron chi connectivity index (χ3n) is 3.42. The summed E-state index contributed by atoms with van der Waals surface area (Å²) in [5.74, 6) is 0.394. The third kappa shape index (κ3) is 4.83. The van der Waals surface area contributed by atoms with Gasteiger partial charge in [0.25, 0.3) is 0 Å². The first-order valence-electron chi connectivity index (χ1n) is 7.18. The molecule has 120 valence electrons. The van der Waals surface area contributed by atoms with Crippen molar-refractivity contribution in [2.24, 2.45) is 0 Å². The smallest absolute Gasteiger partial charge is 0.224 e. The Morgan fingerprint density at radius 2 is 1.96 bits per heavy atom. The monoisotopic (exact) mass is 331 g/mol. The Bertz CT molecular complexity index is 728. The van der Waals surface area contributed by atoms with Gasteiger partial charge in [0.05, 0.1) is 13.5 Å². The molecule has 1 amide bonds. The lowest BCUT2D eigenvalue weighted by atomic mass is 10.0. The Balaban J connectivity index is 2.04. The lowest BCUT2D eigenvalue weighted by Gasteiger charge is -2.10. The first kappa shape index (κ1) is 17.0. The van der Waals surface area contributed by atoms with E-state index in [2.05, 4.69) is 5.32 Å². The van der Waals surface area contributed by atoms with Gasteiger partial charge >= 0.3 is 0 Å². The minimum absolute atomic E-state index is 0.0479. The zero-order valence-electron chi connectivity index (χ0n) is 13.1. The van der Waals surface area contributed by atoms with Gasteiger partial charge in [-0.05, 0) is 42.8 Å². The molecular weight excluding hydrogens is 314 g/mol. The topological polar surface area (TPSA) is 55.4 Å². The van der Waals surface area contributed by atoms with E-state index in [4.69, 9.17) is 16.3 Å². The highest BCUT2D eigenvalue weighted by Crippen LogP contribution is 2.21. The zero-order valence-corrected chi connectivity index (χ0v) is 13.8. The van der Waals surface area contributed by atoms with Gasteiger partial charge in [0.2, 0.25) is 5.91 Å². The van der Waals surface area contributed by atoms with Gasteiger partial charge in [0.15, 0.2) is 5.78 Å². The number of ether oxygens (including phenoxy) is 1. The number of carbonyl (C=O) groups excluding carboxylic acids is 2. The zero-order chi connectivity index (χ0) is 16.8. The minimum Gasteiger partial charge on any atom is -0.496 e. The second kappa shape index (κ2) is 7.79. The predicted octanol–water partition coefficient (Wildman–Crippen LogP) is 3.41. The van der Waals surface area contributed by atoms with E-state index in [1.165, 1.54) is 14.0 Å². The first-order valence-corrected chi connectivity index (χ1v) is 7.56. The highest BCUT2D eigenvalue weighted by atomic mass is 35.5. The van der Waals surface area contributed by atoms with Gasteiger partial charge in [0, 0.05) is 22.7 Å². The van der Waals surface area contributed by atoms with Crippen LogP contribution in [-0.4, -0.2) is 18.8 Å². The van der Waals surface area contributed by atoms with Gasteiger partial charge in [-0.2, -0.15) is 0 Å². The number of methoxy groups -OCH3 is 1. The summed E-state index contributed by atoms with van der Waals surface area (Å²) in [7, 11) is 1.54. The molecule has 0 atom stereocenters. The van der Waals surface area contributed by atoms with Crippen molar-refractivity contribution < 1.29 is 14.3 Å². The molecule has 0 aliphatic rings. The Kier molecular flexibility index (Phi) is 5.77. The maximum atomic E-state index is 12.1. The fourth-order valence-corrected chi connectivity index (χ4v) is 2.43. The molecule has 0 unspecified atom stereocenters. The average Bonchev–Trinajstić information content (AvgIpc) is 2.53. The van der Waals surface area contributed by atoms with Crippen molar-refractivity contribution in [3.63, 3.8) is 0 Å². The molecule has 0 fully saturated rings. The van der Waals surface area contributed by atoms with Crippen molar-refractivity contribution in [2.45, 2.75) is 19.9 Å². The van der Waals surface area contributed by atoms with E-state index in [0.717, 1.165) is 5.56 Å². The van der Waals surface area contributed by atoms with E-state index in [1.54, 1.807) is 30.3 Å². The Morgan fingerprint density at radius 1 is 1.17 bits per heavy atom. The number of rotatable bonds is 6. The molecule has 2 aromatic carbocycles. The van der Waals surface area contributed by atoms with E-state index in [1.807, 2.05) is 12.1 Å². The van der Waals surface area contributed by atoms with Crippen molar-refractivity contribution in [1.82, 2.24) is 5.32 Å². The molecule has 5 heteroatoms. The number of halogens is 1. The molecule has 0 aliphatic heterocycles. The number of carbonyl (C=O) groups is 2. The summed E-state index contributed by atoms with van der Waals surface area (Å²) in [6, 6.07) is 12.4. The molecule has 0 spiro atoms. The van der Waals surface area contributed by atoms with Crippen molar-refractivity contribution in [1.29, 1.82) is 0 Å². The molecule has 4 nitrogen and oxygen atoms in total. The second-order valence-electron chi connectivity index (χ2n) is 5.17. The van der Waals surface area contributed by atoms with E-state index in [0.29, 0.717) is 28.4 Å². The van der Waals surface area contributed by atoms with Gasteiger partial charge in [0.1, 0.15) is 5.75 Å². The summed E-state index contributed by atoms with van der Waals surface area (Å²) in [5, 5.41) is 3.47. The number of hydrogen-bond acceptors (Lipinski definition) is 3. The molecule has 0 heterocycles. The normalized spacial score (nSPS) is 10.2. The van der Waals surface area contributed by atoms with E-state index < -0.39 is 0 Å². The standard InChI is InChI=1S/C18H18ClNO3/c1-12(21)14-6-7-17(23-2)15(9-14)10-18(22)20-11-13-4-3-5-16(19)8-13/h3-9H,10-11H2,1-2H3,(H,20,22). The summed E-state index contributed by atoms with van der Waals surface area (Å²) in [5.41, 5.74) is 2.17. The van der Waals surface area contributed by atoms with Gasteiger partial charge in [-0.1, -0.05) is 23.7 Å². The molecule has 23 heavy (non-hydrogen) atoms. The molecule has 0 bridgehead atoms. The third-order valence-corrected chi connectivity index (χ3v) is 3.65. The molecule has 0 radical (unpaired) electrons. The van der Waals surface area contributed by atoms with Crippen LogP contribution < -0.4 is 10.1 Å². The van der Waals surface area contributed by atoms with Crippen molar-refractivity contribution in [3.05, 3.63) is 64.2 Å². The number of nitrogens with one attached hydrogen (secondary N) is 1. The number of benzene rings is 2. The van der Waals surface area contributed by atoms with Crippen molar-refractivity contribution in [2.75, 3.05) is 7.11 Å². The summed E-state index contributed by atoms with van der Waals surface area (Å²) in [6.45, 7) is 1.89. The Morgan fingerprint density at radius 3 is 2.61 bits per heavy atom. The van der Waals surface area contributed by atoms with Gasteiger partial charge in [-0.3, -0.25) is 9.59 Å². The summed E-state index contributed by atoms with van der Waals surface area (Å²) in [6.07, 6.45) is 0.144. The fraction of sp³-hybridized carbons (Fsp3) is 0.222. The van der Waals surface area contributed by atoms with Crippen LogP contribution in [0, 0.1) is 0 Å². The predicted molar refractivity (Wildman–Crippen MR) is 90.0 cm³/mol.